The van der Waals surface area contributed by atoms with E-state index in [-0.39, 0.29) is 17.5 Å². The Bertz CT molecular complexity index is 632. The summed E-state index contributed by atoms with van der Waals surface area (Å²) >= 11 is 6.35. The minimum absolute atomic E-state index is 0.146. The number of ether oxygens (including phenoxy) is 2. The lowest BCUT2D eigenvalue weighted by molar-refractivity contribution is 0.0736. The van der Waals surface area contributed by atoms with Crippen LogP contribution in [0, 0.1) is 0 Å². The van der Waals surface area contributed by atoms with Gasteiger partial charge in [-0.2, -0.15) is 0 Å². The van der Waals surface area contributed by atoms with Crippen LogP contribution in [0.4, 0.5) is 0 Å². The Hall–Kier alpha value is -1.26. The standard InChI is InChI=1S/C16H21ClN2O2/c1-10(17)16-18-13-7-6-12(20-3)9-14(13)19(16)11(2)15-5-4-8-21-15/h6-7,9-11,15H,4-5,8H2,1-3H3. The van der Waals surface area contributed by atoms with E-state index in [1.165, 1.54) is 0 Å². The van der Waals surface area contributed by atoms with Gasteiger partial charge in [-0.05, 0) is 38.8 Å². The second kappa shape index (κ2) is 5.85. The van der Waals surface area contributed by atoms with Gasteiger partial charge in [0.1, 0.15) is 11.6 Å². The zero-order valence-corrected chi connectivity index (χ0v) is 13.4. The molecule has 1 fully saturated rings. The van der Waals surface area contributed by atoms with Gasteiger partial charge in [-0.1, -0.05) is 0 Å². The quantitative estimate of drug-likeness (QED) is 0.798. The van der Waals surface area contributed by atoms with Crippen molar-refractivity contribution in [2.75, 3.05) is 13.7 Å². The molecule has 0 aliphatic carbocycles. The Balaban J connectivity index is 2.13. The maximum Gasteiger partial charge on any atom is 0.128 e. The molecule has 1 aromatic heterocycles. The van der Waals surface area contributed by atoms with Crippen LogP contribution in [0.2, 0.25) is 0 Å². The van der Waals surface area contributed by atoms with Crippen molar-refractivity contribution in [3.8, 4) is 5.75 Å². The van der Waals surface area contributed by atoms with E-state index in [4.69, 9.17) is 26.1 Å². The number of benzene rings is 1. The van der Waals surface area contributed by atoms with Gasteiger partial charge in [-0.25, -0.2) is 4.98 Å². The Morgan fingerprint density at radius 1 is 1.43 bits per heavy atom. The lowest BCUT2D eigenvalue weighted by Gasteiger charge is -2.23. The summed E-state index contributed by atoms with van der Waals surface area (Å²) in [7, 11) is 1.68. The fourth-order valence-corrected chi connectivity index (χ4v) is 3.23. The van der Waals surface area contributed by atoms with Crippen LogP contribution in [0.5, 0.6) is 5.75 Å². The first-order valence-electron chi connectivity index (χ1n) is 7.43. The number of aromatic nitrogens is 2. The van der Waals surface area contributed by atoms with Gasteiger partial charge in [0.25, 0.3) is 0 Å². The summed E-state index contributed by atoms with van der Waals surface area (Å²) in [4.78, 5) is 4.70. The number of hydrogen-bond donors (Lipinski definition) is 0. The van der Waals surface area contributed by atoms with E-state index in [1.54, 1.807) is 7.11 Å². The lowest BCUT2D eigenvalue weighted by atomic mass is 10.1. The summed E-state index contributed by atoms with van der Waals surface area (Å²) in [5.74, 6) is 1.72. The van der Waals surface area contributed by atoms with Crippen molar-refractivity contribution < 1.29 is 9.47 Å². The fraction of sp³-hybridized carbons (Fsp3) is 0.562. The molecule has 1 aliphatic rings. The van der Waals surface area contributed by atoms with Crippen molar-refractivity contribution in [3.63, 3.8) is 0 Å². The smallest absolute Gasteiger partial charge is 0.128 e. The highest BCUT2D eigenvalue weighted by Crippen LogP contribution is 2.34. The van der Waals surface area contributed by atoms with Crippen molar-refractivity contribution in [2.45, 2.75) is 44.2 Å². The summed E-state index contributed by atoms with van der Waals surface area (Å²) < 4.78 is 13.4. The third kappa shape index (κ3) is 2.62. The van der Waals surface area contributed by atoms with Crippen molar-refractivity contribution in [3.05, 3.63) is 24.0 Å². The Morgan fingerprint density at radius 2 is 2.24 bits per heavy atom. The minimum atomic E-state index is -0.146. The van der Waals surface area contributed by atoms with Crippen molar-refractivity contribution in [1.29, 1.82) is 0 Å². The van der Waals surface area contributed by atoms with Crippen LogP contribution in [0.1, 0.15) is 43.9 Å². The van der Waals surface area contributed by atoms with Crippen LogP contribution in [-0.2, 0) is 4.74 Å². The van der Waals surface area contributed by atoms with E-state index >= 15 is 0 Å². The number of methoxy groups -OCH3 is 1. The molecule has 1 aromatic carbocycles. The van der Waals surface area contributed by atoms with Gasteiger partial charge < -0.3 is 14.0 Å². The Labute approximate surface area is 130 Å². The van der Waals surface area contributed by atoms with Crippen molar-refractivity contribution in [1.82, 2.24) is 9.55 Å². The van der Waals surface area contributed by atoms with Gasteiger partial charge in [0.05, 0.1) is 35.7 Å². The summed E-state index contributed by atoms with van der Waals surface area (Å²) in [6.45, 7) is 4.98. The molecule has 1 saturated heterocycles. The van der Waals surface area contributed by atoms with Crippen molar-refractivity contribution >= 4 is 22.6 Å². The molecule has 0 N–H and O–H groups in total. The SMILES string of the molecule is COc1ccc2nc(C(C)Cl)n(C(C)C3CCCO3)c2c1. The Morgan fingerprint density at radius 3 is 2.86 bits per heavy atom. The van der Waals surface area contributed by atoms with Crippen molar-refractivity contribution in [2.24, 2.45) is 0 Å². The molecule has 0 spiro atoms. The summed E-state index contributed by atoms with van der Waals surface area (Å²) in [5.41, 5.74) is 2.00. The number of alkyl halides is 1. The molecule has 1 aliphatic heterocycles. The van der Waals surface area contributed by atoms with E-state index in [1.807, 2.05) is 25.1 Å². The summed E-state index contributed by atoms with van der Waals surface area (Å²) in [6.07, 6.45) is 2.43. The number of halogens is 1. The van der Waals surface area contributed by atoms with Gasteiger partial charge in [0.2, 0.25) is 0 Å². The molecule has 5 heteroatoms. The van der Waals surface area contributed by atoms with Crippen LogP contribution < -0.4 is 4.74 Å². The minimum Gasteiger partial charge on any atom is -0.497 e. The molecule has 2 aromatic rings. The van der Waals surface area contributed by atoms with E-state index in [9.17, 15) is 0 Å². The first kappa shape index (κ1) is 14.7. The highest BCUT2D eigenvalue weighted by molar-refractivity contribution is 6.20. The molecular weight excluding hydrogens is 288 g/mol. The molecule has 4 nitrogen and oxygen atoms in total. The molecule has 0 radical (unpaired) electrons. The van der Waals surface area contributed by atoms with Crippen LogP contribution in [-0.4, -0.2) is 29.4 Å². The molecule has 2 heterocycles. The van der Waals surface area contributed by atoms with E-state index in [0.29, 0.717) is 0 Å². The van der Waals surface area contributed by atoms with Crippen LogP contribution in [0.25, 0.3) is 11.0 Å². The first-order valence-corrected chi connectivity index (χ1v) is 7.87. The van der Waals surface area contributed by atoms with Crippen LogP contribution in [0.3, 0.4) is 0 Å². The molecule has 3 atom stereocenters. The second-order valence-corrected chi connectivity index (χ2v) is 6.26. The summed E-state index contributed by atoms with van der Waals surface area (Å²) in [5, 5.41) is -0.146. The highest BCUT2D eigenvalue weighted by atomic mass is 35.5. The molecule has 3 unspecified atom stereocenters. The fourth-order valence-electron chi connectivity index (χ4n) is 3.08. The number of hydrogen-bond acceptors (Lipinski definition) is 3. The first-order chi connectivity index (χ1) is 10.1. The lowest BCUT2D eigenvalue weighted by Crippen LogP contribution is -2.22. The zero-order valence-electron chi connectivity index (χ0n) is 12.7. The Kier molecular flexibility index (Phi) is 4.09. The van der Waals surface area contributed by atoms with E-state index < -0.39 is 0 Å². The maximum atomic E-state index is 6.35. The van der Waals surface area contributed by atoms with Gasteiger partial charge in [0, 0.05) is 12.7 Å². The second-order valence-electron chi connectivity index (χ2n) is 5.60. The number of rotatable bonds is 4. The zero-order chi connectivity index (χ0) is 15.0. The van der Waals surface area contributed by atoms with Gasteiger partial charge in [-0.3, -0.25) is 0 Å². The number of nitrogens with zero attached hydrogens (tertiary/aromatic N) is 2. The van der Waals surface area contributed by atoms with Gasteiger partial charge in [-0.15, -0.1) is 11.6 Å². The third-order valence-corrected chi connectivity index (χ3v) is 4.39. The number of imidazole rings is 1. The molecule has 3 rings (SSSR count). The van der Waals surface area contributed by atoms with Crippen LogP contribution in [0.15, 0.2) is 18.2 Å². The third-order valence-electron chi connectivity index (χ3n) is 4.19. The predicted octanol–water partition coefficient (Wildman–Crippen LogP) is 4.08. The number of fused-ring (bicyclic) bond motifs is 1. The molecule has 0 saturated carbocycles. The normalized spacial score (nSPS) is 21.6. The van der Waals surface area contributed by atoms with Gasteiger partial charge >= 0.3 is 0 Å². The monoisotopic (exact) mass is 308 g/mol. The van der Waals surface area contributed by atoms with Crippen LogP contribution >= 0.6 is 11.6 Å². The average molecular weight is 309 g/mol. The maximum absolute atomic E-state index is 6.35. The summed E-state index contributed by atoms with van der Waals surface area (Å²) in [6, 6.07) is 6.14. The molecule has 0 amide bonds. The molecule has 0 bridgehead atoms. The largest absolute Gasteiger partial charge is 0.497 e. The molecule has 21 heavy (non-hydrogen) atoms. The average Bonchev–Trinajstić information content (AvgIpc) is 3.13. The molecule has 114 valence electrons. The van der Waals surface area contributed by atoms with E-state index in [0.717, 1.165) is 42.1 Å². The topological polar surface area (TPSA) is 36.3 Å². The highest BCUT2D eigenvalue weighted by Gasteiger charge is 2.28. The van der Waals surface area contributed by atoms with Gasteiger partial charge in [0.15, 0.2) is 0 Å². The van der Waals surface area contributed by atoms with E-state index in [2.05, 4.69) is 11.5 Å². The predicted molar refractivity (Wildman–Crippen MR) is 84.2 cm³/mol. The molecular formula is C16H21ClN2O2.